The Labute approximate surface area is 235 Å². The summed E-state index contributed by atoms with van der Waals surface area (Å²) in [5, 5.41) is 21.3. The zero-order chi connectivity index (χ0) is 29.0. The van der Waals surface area contributed by atoms with Crippen molar-refractivity contribution in [3.63, 3.8) is 0 Å². The van der Waals surface area contributed by atoms with E-state index in [4.69, 9.17) is 9.47 Å². The second kappa shape index (κ2) is 12.3. The monoisotopic (exact) mass is 543 g/mol. The van der Waals surface area contributed by atoms with Gasteiger partial charge in [-0.05, 0) is 77.9 Å². The largest absolute Gasteiger partial charge is 0.508 e. The number of ether oxygens (including phenoxy) is 2. The smallest absolute Gasteiger partial charge is 0.295 e. The van der Waals surface area contributed by atoms with Gasteiger partial charge in [0, 0.05) is 12.1 Å². The molecular weight excluding hydrogens is 506 g/mol. The van der Waals surface area contributed by atoms with Crippen molar-refractivity contribution < 1.29 is 29.3 Å². The lowest BCUT2D eigenvalue weighted by molar-refractivity contribution is -0.140. The molecule has 3 aromatic carbocycles. The summed E-state index contributed by atoms with van der Waals surface area (Å²) in [5.74, 6) is 0.521. The number of hydrogen-bond acceptors (Lipinski definition) is 6. The number of benzene rings is 3. The van der Waals surface area contributed by atoms with Crippen LogP contribution in [0.1, 0.15) is 56.0 Å². The maximum Gasteiger partial charge on any atom is 0.295 e. The fourth-order valence-electron chi connectivity index (χ4n) is 4.57. The van der Waals surface area contributed by atoms with E-state index in [1.807, 2.05) is 31.2 Å². The maximum atomic E-state index is 13.4. The number of aryl methyl sites for hydroxylation is 1. The minimum atomic E-state index is -0.838. The van der Waals surface area contributed by atoms with E-state index in [1.165, 1.54) is 17.0 Å². The molecule has 3 aromatic rings. The number of phenolic OH excluding ortho intramolecular Hbond substituents is 1. The Morgan fingerprint density at radius 1 is 0.875 bits per heavy atom. The number of rotatable bonds is 10. The third-order valence-corrected chi connectivity index (χ3v) is 6.63. The number of Topliss-reactive ketones (excluding diaryl/α,β-unsaturated/α-hetero) is 1. The van der Waals surface area contributed by atoms with Crippen molar-refractivity contribution in [2.45, 2.75) is 47.2 Å². The maximum absolute atomic E-state index is 13.4. The van der Waals surface area contributed by atoms with E-state index in [1.54, 1.807) is 30.3 Å². The van der Waals surface area contributed by atoms with Gasteiger partial charge in [0.15, 0.2) is 0 Å². The van der Waals surface area contributed by atoms with Crippen molar-refractivity contribution in [2.75, 3.05) is 13.2 Å². The molecule has 1 saturated heterocycles. The van der Waals surface area contributed by atoms with Crippen LogP contribution < -0.4 is 9.47 Å². The summed E-state index contributed by atoms with van der Waals surface area (Å²) >= 11 is 0. The van der Waals surface area contributed by atoms with Crippen molar-refractivity contribution in [1.82, 2.24) is 4.90 Å². The first kappa shape index (κ1) is 28.7. The lowest BCUT2D eigenvalue weighted by atomic mass is 9.94. The van der Waals surface area contributed by atoms with E-state index in [9.17, 15) is 19.8 Å². The van der Waals surface area contributed by atoms with Gasteiger partial charge >= 0.3 is 0 Å². The highest BCUT2D eigenvalue weighted by atomic mass is 16.5. The molecule has 0 radical (unpaired) electrons. The lowest BCUT2D eigenvalue weighted by Crippen LogP contribution is -2.29. The number of carbonyl (C=O) groups is 2. The molecule has 40 heavy (non-hydrogen) atoms. The number of ketones is 1. The van der Waals surface area contributed by atoms with Gasteiger partial charge in [-0.1, -0.05) is 52.0 Å². The molecule has 2 N–H and O–H groups in total. The van der Waals surface area contributed by atoms with Crippen LogP contribution in [-0.4, -0.2) is 40.0 Å². The minimum absolute atomic E-state index is 0.00262. The van der Waals surface area contributed by atoms with Crippen molar-refractivity contribution in [3.8, 4) is 17.2 Å². The van der Waals surface area contributed by atoms with E-state index in [2.05, 4.69) is 27.7 Å². The Morgan fingerprint density at radius 3 is 2.10 bits per heavy atom. The van der Waals surface area contributed by atoms with E-state index >= 15 is 0 Å². The number of carbonyl (C=O) groups excluding carboxylic acids is 2. The average molecular weight is 544 g/mol. The van der Waals surface area contributed by atoms with Crippen molar-refractivity contribution in [2.24, 2.45) is 11.8 Å². The number of amides is 1. The molecule has 7 heteroatoms. The summed E-state index contributed by atoms with van der Waals surface area (Å²) in [5.41, 5.74) is 2.64. The van der Waals surface area contributed by atoms with Gasteiger partial charge in [0.2, 0.25) is 0 Å². The summed E-state index contributed by atoms with van der Waals surface area (Å²) in [6.45, 7) is 11.5. The summed E-state index contributed by atoms with van der Waals surface area (Å²) in [7, 11) is 0. The molecule has 1 aliphatic heterocycles. The highest BCUT2D eigenvalue weighted by Gasteiger charge is 2.46. The second-order valence-corrected chi connectivity index (χ2v) is 11.1. The third kappa shape index (κ3) is 6.47. The number of hydrogen-bond donors (Lipinski definition) is 2. The Kier molecular flexibility index (Phi) is 8.83. The third-order valence-electron chi connectivity index (χ3n) is 6.63. The van der Waals surface area contributed by atoms with Gasteiger partial charge < -0.3 is 24.6 Å². The van der Waals surface area contributed by atoms with Crippen LogP contribution in [0.5, 0.6) is 17.2 Å². The van der Waals surface area contributed by atoms with Gasteiger partial charge in [-0.15, -0.1) is 0 Å². The van der Waals surface area contributed by atoms with Crippen LogP contribution >= 0.6 is 0 Å². The van der Waals surface area contributed by atoms with E-state index in [0.29, 0.717) is 41.9 Å². The molecule has 0 saturated carbocycles. The van der Waals surface area contributed by atoms with E-state index < -0.39 is 17.7 Å². The van der Waals surface area contributed by atoms with Crippen LogP contribution in [-0.2, 0) is 16.1 Å². The van der Waals surface area contributed by atoms with Gasteiger partial charge in [-0.3, -0.25) is 9.59 Å². The molecule has 1 atom stereocenters. The van der Waals surface area contributed by atoms with Crippen molar-refractivity contribution in [1.29, 1.82) is 0 Å². The van der Waals surface area contributed by atoms with Crippen LogP contribution in [0.25, 0.3) is 5.76 Å². The quantitative estimate of drug-likeness (QED) is 0.175. The molecule has 210 valence electrons. The van der Waals surface area contributed by atoms with Crippen molar-refractivity contribution in [3.05, 3.63) is 94.6 Å². The molecule has 1 aliphatic rings. The number of aliphatic hydroxyl groups excluding tert-OH is 1. The molecule has 7 nitrogen and oxygen atoms in total. The summed E-state index contributed by atoms with van der Waals surface area (Å²) in [4.78, 5) is 28.2. The fourth-order valence-corrected chi connectivity index (χ4v) is 4.57. The molecule has 1 heterocycles. The molecule has 0 aromatic heterocycles. The number of likely N-dealkylation sites (tertiary alicyclic amines) is 1. The topological polar surface area (TPSA) is 96.3 Å². The zero-order valence-corrected chi connectivity index (χ0v) is 23.7. The zero-order valence-electron chi connectivity index (χ0n) is 23.7. The predicted octanol–water partition coefficient (Wildman–Crippen LogP) is 6.39. The molecule has 0 aliphatic carbocycles. The van der Waals surface area contributed by atoms with Crippen LogP contribution in [0.3, 0.4) is 0 Å². The molecule has 4 rings (SSSR count). The molecule has 1 amide bonds. The van der Waals surface area contributed by atoms with Gasteiger partial charge in [-0.25, -0.2) is 0 Å². The predicted molar refractivity (Wildman–Crippen MR) is 154 cm³/mol. The first-order chi connectivity index (χ1) is 19.0. The van der Waals surface area contributed by atoms with Crippen LogP contribution in [0.15, 0.2) is 72.3 Å². The molecule has 0 spiro atoms. The molecule has 1 unspecified atom stereocenters. The van der Waals surface area contributed by atoms with Gasteiger partial charge in [0.1, 0.15) is 23.0 Å². The fraction of sp³-hybridized carbons (Fsp3) is 0.333. The number of phenols is 1. The SMILES string of the molecule is Cc1cc(/C(O)=C2/C(=O)C(=O)N(Cc3ccc(OCC(C)C)cc3)C2c2ccc(O)cc2)ccc1OCC(C)C. The van der Waals surface area contributed by atoms with Crippen molar-refractivity contribution >= 4 is 17.4 Å². The van der Waals surface area contributed by atoms with E-state index in [0.717, 1.165) is 16.9 Å². The average Bonchev–Trinajstić information content (AvgIpc) is 3.16. The van der Waals surface area contributed by atoms with Crippen LogP contribution in [0, 0.1) is 18.8 Å². The number of nitrogens with zero attached hydrogens (tertiary/aromatic N) is 1. The van der Waals surface area contributed by atoms with Gasteiger partial charge in [0.05, 0.1) is 24.8 Å². The Morgan fingerprint density at radius 2 is 1.50 bits per heavy atom. The van der Waals surface area contributed by atoms with Gasteiger partial charge in [-0.2, -0.15) is 0 Å². The van der Waals surface area contributed by atoms with Crippen LogP contribution in [0.2, 0.25) is 0 Å². The summed E-state index contributed by atoms with van der Waals surface area (Å²) in [6.07, 6.45) is 0. The van der Waals surface area contributed by atoms with Crippen LogP contribution in [0.4, 0.5) is 0 Å². The Hall–Kier alpha value is -4.26. The highest BCUT2D eigenvalue weighted by Crippen LogP contribution is 2.41. The second-order valence-electron chi connectivity index (χ2n) is 11.1. The molecule has 1 fully saturated rings. The molecule has 0 bridgehead atoms. The highest BCUT2D eigenvalue weighted by molar-refractivity contribution is 6.46. The first-order valence-corrected chi connectivity index (χ1v) is 13.6. The molecular formula is C33H37NO6. The number of aliphatic hydroxyl groups is 1. The lowest BCUT2D eigenvalue weighted by Gasteiger charge is -2.25. The number of aromatic hydroxyl groups is 1. The summed E-state index contributed by atoms with van der Waals surface area (Å²) < 4.78 is 11.6. The Balaban J connectivity index is 1.71. The first-order valence-electron chi connectivity index (χ1n) is 13.6. The summed E-state index contributed by atoms with van der Waals surface area (Å²) in [6, 6.07) is 18.1. The van der Waals surface area contributed by atoms with Gasteiger partial charge in [0.25, 0.3) is 11.7 Å². The minimum Gasteiger partial charge on any atom is -0.508 e. The standard InChI is InChI=1S/C33H37NO6/c1-20(2)18-39-27-13-6-23(7-14-27)17-34-30(24-8-11-26(35)12-9-24)29(32(37)33(34)38)31(36)25-10-15-28(22(5)16-25)40-19-21(3)4/h6-16,20-21,30,35-36H,17-19H2,1-5H3/b31-29-. The Bertz CT molecular complexity index is 1390. The normalized spacial score (nSPS) is 16.7. The van der Waals surface area contributed by atoms with E-state index in [-0.39, 0.29) is 23.6 Å².